The van der Waals surface area contributed by atoms with E-state index in [1.807, 2.05) is 78.8 Å². The first-order chi connectivity index (χ1) is 12.8. The molecule has 1 aliphatic heterocycles. The van der Waals surface area contributed by atoms with Gasteiger partial charge in [0.25, 0.3) is 11.8 Å². The van der Waals surface area contributed by atoms with E-state index in [1.54, 1.807) is 0 Å². The van der Waals surface area contributed by atoms with Crippen LogP contribution in [0.1, 0.15) is 40.1 Å². The minimum Gasteiger partial charge on any atom is -0.491 e. The van der Waals surface area contributed by atoms with Gasteiger partial charge in [0.2, 0.25) is 0 Å². The SMILES string of the molecule is Cc1cc(C(=O)N2CCN(C(=O)c3ccn(C)c3)CC2)ccc1OC(C)C. The van der Waals surface area contributed by atoms with Crippen LogP contribution in [0.15, 0.2) is 36.7 Å². The Balaban J connectivity index is 1.61. The van der Waals surface area contributed by atoms with Gasteiger partial charge in [-0.3, -0.25) is 9.59 Å². The minimum atomic E-state index is 0.000932. The minimum absolute atomic E-state index is 0.000932. The summed E-state index contributed by atoms with van der Waals surface area (Å²) >= 11 is 0. The maximum absolute atomic E-state index is 12.8. The van der Waals surface area contributed by atoms with E-state index in [0.29, 0.717) is 37.3 Å². The van der Waals surface area contributed by atoms with E-state index in [4.69, 9.17) is 4.74 Å². The first kappa shape index (κ1) is 19.0. The van der Waals surface area contributed by atoms with Crippen LogP contribution in [0.2, 0.25) is 0 Å². The van der Waals surface area contributed by atoms with Crippen LogP contribution in [-0.2, 0) is 7.05 Å². The van der Waals surface area contributed by atoms with Crippen molar-refractivity contribution < 1.29 is 14.3 Å². The normalized spacial score (nSPS) is 14.6. The number of carbonyl (C=O) groups is 2. The van der Waals surface area contributed by atoms with Crippen LogP contribution >= 0.6 is 0 Å². The van der Waals surface area contributed by atoms with Gasteiger partial charge in [0.05, 0.1) is 11.7 Å². The number of nitrogens with zero attached hydrogens (tertiary/aromatic N) is 3. The summed E-state index contributed by atoms with van der Waals surface area (Å²) in [7, 11) is 1.90. The van der Waals surface area contributed by atoms with Gasteiger partial charge in [-0.25, -0.2) is 0 Å². The van der Waals surface area contributed by atoms with Crippen molar-refractivity contribution in [3.63, 3.8) is 0 Å². The van der Waals surface area contributed by atoms with Crippen molar-refractivity contribution >= 4 is 11.8 Å². The molecule has 0 N–H and O–H groups in total. The fraction of sp³-hybridized carbons (Fsp3) is 0.429. The molecule has 1 aromatic carbocycles. The Morgan fingerprint density at radius 3 is 2.04 bits per heavy atom. The molecule has 2 heterocycles. The summed E-state index contributed by atoms with van der Waals surface area (Å²) < 4.78 is 7.60. The predicted molar refractivity (Wildman–Crippen MR) is 104 cm³/mol. The van der Waals surface area contributed by atoms with Crippen molar-refractivity contribution in [2.45, 2.75) is 26.9 Å². The molecule has 1 aromatic heterocycles. The highest BCUT2D eigenvalue weighted by Gasteiger charge is 2.26. The number of rotatable bonds is 4. The smallest absolute Gasteiger partial charge is 0.255 e. The topological polar surface area (TPSA) is 54.8 Å². The summed E-state index contributed by atoms with van der Waals surface area (Å²) in [5.41, 5.74) is 2.30. The van der Waals surface area contributed by atoms with Gasteiger partial charge in [-0.2, -0.15) is 0 Å². The molecule has 0 unspecified atom stereocenters. The van der Waals surface area contributed by atoms with Crippen molar-refractivity contribution in [2.24, 2.45) is 7.05 Å². The van der Waals surface area contributed by atoms with Crippen molar-refractivity contribution in [1.82, 2.24) is 14.4 Å². The number of benzene rings is 1. The number of piperazine rings is 1. The molecule has 0 spiro atoms. The molecule has 6 heteroatoms. The Kier molecular flexibility index (Phi) is 5.54. The summed E-state index contributed by atoms with van der Waals surface area (Å²) in [5.74, 6) is 0.828. The quantitative estimate of drug-likeness (QED) is 0.833. The number of hydrogen-bond donors (Lipinski definition) is 0. The Hall–Kier alpha value is -2.76. The van der Waals surface area contributed by atoms with Gasteiger partial charge < -0.3 is 19.1 Å². The number of hydrogen-bond acceptors (Lipinski definition) is 3. The molecule has 1 aliphatic rings. The number of ether oxygens (including phenoxy) is 1. The Labute approximate surface area is 160 Å². The molecule has 2 aromatic rings. The molecule has 0 bridgehead atoms. The number of amides is 2. The lowest BCUT2D eigenvalue weighted by molar-refractivity contribution is 0.0535. The van der Waals surface area contributed by atoms with Crippen molar-refractivity contribution in [3.8, 4) is 5.75 Å². The molecular weight excluding hydrogens is 342 g/mol. The number of carbonyl (C=O) groups excluding carboxylic acids is 2. The van der Waals surface area contributed by atoms with E-state index in [1.165, 1.54) is 0 Å². The van der Waals surface area contributed by atoms with E-state index < -0.39 is 0 Å². The maximum atomic E-state index is 12.8. The summed E-state index contributed by atoms with van der Waals surface area (Å²) in [4.78, 5) is 29.0. The van der Waals surface area contributed by atoms with E-state index in [9.17, 15) is 9.59 Å². The van der Waals surface area contributed by atoms with Gasteiger partial charge in [0.1, 0.15) is 5.75 Å². The third kappa shape index (κ3) is 4.32. The van der Waals surface area contributed by atoms with Gasteiger partial charge in [0, 0.05) is 51.2 Å². The van der Waals surface area contributed by atoms with Crippen molar-refractivity contribution in [2.75, 3.05) is 26.2 Å². The maximum Gasteiger partial charge on any atom is 0.255 e. The molecule has 0 atom stereocenters. The van der Waals surface area contributed by atoms with E-state index in [2.05, 4.69) is 0 Å². The molecular formula is C21H27N3O3. The van der Waals surface area contributed by atoms with Gasteiger partial charge in [-0.15, -0.1) is 0 Å². The average molecular weight is 369 g/mol. The van der Waals surface area contributed by atoms with E-state index in [-0.39, 0.29) is 17.9 Å². The Morgan fingerprint density at radius 2 is 1.56 bits per heavy atom. The fourth-order valence-electron chi connectivity index (χ4n) is 3.28. The third-order valence-electron chi connectivity index (χ3n) is 4.72. The van der Waals surface area contributed by atoms with Crippen LogP contribution in [-0.4, -0.2) is 58.5 Å². The lowest BCUT2D eigenvalue weighted by Crippen LogP contribution is -2.50. The first-order valence-electron chi connectivity index (χ1n) is 9.33. The second-order valence-electron chi connectivity index (χ2n) is 7.30. The molecule has 27 heavy (non-hydrogen) atoms. The molecule has 0 radical (unpaired) electrons. The molecule has 2 amide bonds. The molecule has 3 rings (SSSR count). The van der Waals surface area contributed by atoms with Crippen LogP contribution in [0.4, 0.5) is 0 Å². The van der Waals surface area contributed by atoms with Gasteiger partial charge in [-0.05, 0) is 50.6 Å². The van der Waals surface area contributed by atoms with Crippen molar-refractivity contribution in [1.29, 1.82) is 0 Å². The molecule has 1 saturated heterocycles. The van der Waals surface area contributed by atoms with Crippen LogP contribution in [0, 0.1) is 6.92 Å². The fourth-order valence-corrected chi connectivity index (χ4v) is 3.28. The van der Waals surface area contributed by atoms with Crippen LogP contribution in [0.5, 0.6) is 5.75 Å². The summed E-state index contributed by atoms with van der Waals surface area (Å²) in [6.07, 6.45) is 3.78. The Morgan fingerprint density at radius 1 is 0.963 bits per heavy atom. The molecule has 1 fully saturated rings. The highest BCUT2D eigenvalue weighted by molar-refractivity contribution is 5.96. The highest BCUT2D eigenvalue weighted by Crippen LogP contribution is 2.22. The van der Waals surface area contributed by atoms with Gasteiger partial charge >= 0.3 is 0 Å². The Bertz CT molecular complexity index is 833. The standard InChI is InChI=1S/C21H27N3O3/c1-15(2)27-19-6-5-17(13-16(19)3)20(25)23-9-11-24(12-10-23)21(26)18-7-8-22(4)14-18/h5-8,13-15H,9-12H2,1-4H3. The van der Waals surface area contributed by atoms with E-state index >= 15 is 0 Å². The molecule has 144 valence electrons. The molecule has 0 saturated carbocycles. The zero-order chi connectivity index (χ0) is 19.6. The lowest BCUT2D eigenvalue weighted by atomic mass is 10.1. The second kappa shape index (κ2) is 7.86. The number of aromatic nitrogens is 1. The van der Waals surface area contributed by atoms with E-state index in [0.717, 1.165) is 11.3 Å². The number of aryl methyl sites for hydroxylation is 2. The second-order valence-corrected chi connectivity index (χ2v) is 7.30. The summed E-state index contributed by atoms with van der Waals surface area (Å²) in [5, 5.41) is 0. The van der Waals surface area contributed by atoms with Gasteiger partial charge in [0.15, 0.2) is 0 Å². The van der Waals surface area contributed by atoms with Crippen LogP contribution in [0.25, 0.3) is 0 Å². The molecule has 6 nitrogen and oxygen atoms in total. The predicted octanol–water partition coefficient (Wildman–Crippen LogP) is 2.72. The zero-order valence-corrected chi connectivity index (χ0v) is 16.4. The van der Waals surface area contributed by atoms with Crippen molar-refractivity contribution in [3.05, 3.63) is 53.3 Å². The van der Waals surface area contributed by atoms with Crippen LogP contribution in [0.3, 0.4) is 0 Å². The summed E-state index contributed by atoms with van der Waals surface area (Å²) in [6.45, 7) is 8.09. The van der Waals surface area contributed by atoms with Gasteiger partial charge in [-0.1, -0.05) is 0 Å². The molecule has 0 aliphatic carbocycles. The average Bonchev–Trinajstić information content (AvgIpc) is 3.08. The highest BCUT2D eigenvalue weighted by atomic mass is 16.5. The third-order valence-corrected chi connectivity index (χ3v) is 4.72. The lowest BCUT2D eigenvalue weighted by Gasteiger charge is -2.34. The summed E-state index contributed by atoms with van der Waals surface area (Å²) in [6, 6.07) is 7.37. The van der Waals surface area contributed by atoms with Crippen LogP contribution < -0.4 is 4.74 Å². The zero-order valence-electron chi connectivity index (χ0n) is 16.4. The first-order valence-corrected chi connectivity index (χ1v) is 9.33. The monoisotopic (exact) mass is 369 g/mol. The largest absolute Gasteiger partial charge is 0.491 e.